The second-order valence-corrected chi connectivity index (χ2v) is 6.86. The molecule has 2 nitrogen and oxygen atoms in total. The molecule has 0 N–H and O–H groups in total. The first kappa shape index (κ1) is 12.9. The van der Waals surface area contributed by atoms with E-state index in [-0.39, 0.29) is 0 Å². The van der Waals surface area contributed by atoms with Gasteiger partial charge in [-0.05, 0) is 30.4 Å². The van der Waals surface area contributed by atoms with E-state index in [9.17, 15) is 0 Å². The van der Waals surface area contributed by atoms with Crippen molar-refractivity contribution in [2.45, 2.75) is 18.7 Å². The van der Waals surface area contributed by atoms with Crippen LogP contribution in [-0.2, 0) is 0 Å². The highest BCUT2D eigenvalue weighted by molar-refractivity contribution is 7.99. The van der Waals surface area contributed by atoms with Crippen LogP contribution in [0.2, 0.25) is 0 Å². The van der Waals surface area contributed by atoms with Crippen LogP contribution < -0.4 is 9.47 Å². The molecule has 1 aromatic heterocycles. The standard InChI is InChI=1S/C15H16O2S2/c1-3-18-12-6-4-11(5-7-12)15-14-13(10(2)19-15)16-8-9-17-14/h4-7H,3,8-9H2,1-2H3. The minimum atomic E-state index is 0.639. The Labute approximate surface area is 121 Å². The minimum Gasteiger partial charge on any atom is -0.485 e. The van der Waals surface area contributed by atoms with E-state index in [2.05, 4.69) is 38.1 Å². The molecule has 100 valence electrons. The summed E-state index contributed by atoms with van der Waals surface area (Å²) in [5.41, 5.74) is 1.21. The quantitative estimate of drug-likeness (QED) is 0.770. The predicted octanol–water partition coefficient (Wildman–Crippen LogP) is 4.61. The van der Waals surface area contributed by atoms with Gasteiger partial charge in [0.2, 0.25) is 0 Å². The Bertz CT molecular complexity index is 573. The molecule has 1 aliphatic rings. The minimum absolute atomic E-state index is 0.639. The Balaban J connectivity index is 1.97. The van der Waals surface area contributed by atoms with Crippen LogP contribution in [0.1, 0.15) is 11.8 Å². The van der Waals surface area contributed by atoms with E-state index in [1.165, 1.54) is 20.2 Å². The third-order valence-electron chi connectivity index (χ3n) is 2.99. The number of thiophene rings is 1. The lowest BCUT2D eigenvalue weighted by Crippen LogP contribution is -2.14. The number of fused-ring (bicyclic) bond motifs is 1. The Hall–Kier alpha value is -1.13. The van der Waals surface area contributed by atoms with Crippen LogP contribution in [0.25, 0.3) is 10.4 Å². The van der Waals surface area contributed by atoms with Crippen LogP contribution >= 0.6 is 23.1 Å². The summed E-state index contributed by atoms with van der Waals surface area (Å²) in [6.07, 6.45) is 0. The van der Waals surface area contributed by atoms with Crippen LogP contribution in [-0.4, -0.2) is 19.0 Å². The fourth-order valence-corrected chi connectivity index (χ4v) is 3.86. The number of hydrogen-bond donors (Lipinski definition) is 0. The van der Waals surface area contributed by atoms with Crippen molar-refractivity contribution >= 4 is 23.1 Å². The predicted molar refractivity (Wildman–Crippen MR) is 81.9 cm³/mol. The molecule has 0 fully saturated rings. The molecule has 2 heterocycles. The zero-order chi connectivity index (χ0) is 13.2. The summed E-state index contributed by atoms with van der Waals surface area (Å²) in [4.78, 5) is 3.68. The van der Waals surface area contributed by atoms with Crippen molar-refractivity contribution in [3.8, 4) is 21.9 Å². The Morgan fingerprint density at radius 3 is 2.47 bits per heavy atom. The molecule has 3 rings (SSSR count). The van der Waals surface area contributed by atoms with E-state index in [4.69, 9.17) is 9.47 Å². The van der Waals surface area contributed by atoms with Gasteiger partial charge in [0, 0.05) is 9.77 Å². The third-order valence-corrected chi connectivity index (χ3v) is 5.00. The van der Waals surface area contributed by atoms with Crippen molar-refractivity contribution < 1.29 is 9.47 Å². The molecule has 1 aliphatic heterocycles. The first-order valence-electron chi connectivity index (χ1n) is 6.42. The van der Waals surface area contributed by atoms with Gasteiger partial charge in [-0.2, -0.15) is 0 Å². The van der Waals surface area contributed by atoms with Crippen molar-refractivity contribution in [3.05, 3.63) is 29.1 Å². The smallest absolute Gasteiger partial charge is 0.180 e. The highest BCUT2D eigenvalue weighted by Crippen LogP contribution is 2.48. The number of thioether (sulfide) groups is 1. The lowest BCUT2D eigenvalue weighted by atomic mass is 10.1. The Morgan fingerprint density at radius 2 is 1.79 bits per heavy atom. The van der Waals surface area contributed by atoms with E-state index in [1.807, 2.05) is 11.8 Å². The molecule has 0 spiro atoms. The molecular weight excluding hydrogens is 276 g/mol. The number of hydrogen-bond acceptors (Lipinski definition) is 4. The molecule has 1 aromatic carbocycles. The average molecular weight is 292 g/mol. The van der Waals surface area contributed by atoms with Crippen molar-refractivity contribution in [1.82, 2.24) is 0 Å². The monoisotopic (exact) mass is 292 g/mol. The summed E-state index contributed by atoms with van der Waals surface area (Å²) >= 11 is 3.61. The summed E-state index contributed by atoms with van der Waals surface area (Å²) < 4.78 is 11.5. The summed E-state index contributed by atoms with van der Waals surface area (Å²) in [6.45, 7) is 5.54. The van der Waals surface area contributed by atoms with Gasteiger partial charge in [-0.15, -0.1) is 23.1 Å². The molecular formula is C15H16O2S2. The van der Waals surface area contributed by atoms with Crippen molar-refractivity contribution in [2.24, 2.45) is 0 Å². The summed E-state index contributed by atoms with van der Waals surface area (Å²) in [5, 5.41) is 0. The van der Waals surface area contributed by atoms with Gasteiger partial charge in [0.1, 0.15) is 13.2 Å². The highest BCUT2D eigenvalue weighted by atomic mass is 32.2. The van der Waals surface area contributed by atoms with E-state index < -0.39 is 0 Å². The lowest BCUT2D eigenvalue weighted by molar-refractivity contribution is 0.173. The maximum atomic E-state index is 5.79. The second kappa shape index (κ2) is 5.47. The number of benzene rings is 1. The van der Waals surface area contributed by atoms with Gasteiger partial charge in [0.15, 0.2) is 11.5 Å². The summed E-state index contributed by atoms with van der Waals surface area (Å²) in [5.74, 6) is 2.95. The number of aryl methyl sites for hydroxylation is 1. The van der Waals surface area contributed by atoms with Crippen molar-refractivity contribution in [2.75, 3.05) is 19.0 Å². The maximum absolute atomic E-state index is 5.79. The fraction of sp³-hybridized carbons (Fsp3) is 0.333. The molecule has 2 aromatic rings. The van der Waals surface area contributed by atoms with Gasteiger partial charge in [0.05, 0.1) is 4.88 Å². The number of rotatable bonds is 3. The topological polar surface area (TPSA) is 18.5 Å². The van der Waals surface area contributed by atoms with Gasteiger partial charge in [-0.1, -0.05) is 19.1 Å². The molecule has 0 atom stereocenters. The van der Waals surface area contributed by atoms with Gasteiger partial charge in [-0.25, -0.2) is 0 Å². The van der Waals surface area contributed by atoms with Crippen LogP contribution in [0.5, 0.6) is 11.5 Å². The van der Waals surface area contributed by atoms with E-state index in [0.29, 0.717) is 13.2 Å². The summed E-state index contributed by atoms with van der Waals surface area (Å²) in [7, 11) is 0. The molecule has 0 bridgehead atoms. The lowest BCUT2D eigenvalue weighted by Gasteiger charge is -2.16. The SMILES string of the molecule is CCSc1ccc(-c2sc(C)c3c2OCCO3)cc1. The van der Waals surface area contributed by atoms with Gasteiger partial charge in [-0.3, -0.25) is 0 Å². The van der Waals surface area contributed by atoms with Gasteiger partial charge in [0.25, 0.3) is 0 Å². The third kappa shape index (κ3) is 2.47. The molecule has 0 saturated carbocycles. The zero-order valence-corrected chi connectivity index (χ0v) is 12.7. The van der Waals surface area contributed by atoms with Crippen LogP contribution in [0.15, 0.2) is 29.2 Å². The first-order valence-corrected chi connectivity index (χ1v) is 8.22. The Kier molecular flexibility index (Phi) is 3.71. The molecule has 0 radical (unpaired) electrons. The maximum Gasteiger partial charge on any atom is 0.180 e. The van der Waals surface area contributed by atoms with E-state index in [1.54, 1.807) is 11.3 Å². The van der Waals surface area contributed by atoms with E-state index >= 15 is 0 Å². The molecule has 4 heteroatoms. The van der Waals surface area contributed by atoms with Crippen molar-refractivity contribution in [3.63, 3.8) is 0 Å². The fourth-order valence-electron chi connectivity index (χ4n) is 2.15. The number of ether oxygens (including phenoxy) is 2. The average Bonchev–Trinajstić information content (AvgIpc) is 2.78. The molecule has 0 aliphatic carbocycles. The van der Waals surface area contributed by atoms with Gasteiger partial charge < -0.3 is 9.47 Å². The largest absolute Gasteiger partial charge is 0.485 e. The van der Waals surface area contributed by atoms with Crippen LogP contribution in [0.3, 0.4) is 0 Å². The van der Waals surface area contributed by atoms with E-state index in [0.717, 1.165) is 17.3 Å². The van der Waals surface area contributed by atoms with Crippen LogP contribution in [0.4, 0.5) is 0 Å². The molecule has 19 heavy (non-hydrogen) atoms. The summed E-state index contributed by atoms with van der Waals surface area (Å²) in [6, 6.07) is 8.69. The van der Waals surface area contributed by atoms with Crippen molar-refractivity contribution in [1.29, 1.82) is 0 Å². The van der Waals surface area contributed by atoms with Gasteiger partial charge >= 0.3 is 0 Å². The molecule has 0 amide bonds. The molecule has 0 unspecified atom stereocenters. The zero-order valence-electron chi connectivity index (χ0n) is 11.1. The van der Waals surface area contributed by atoms with Crippen LogP contribution in [0, 0.1) is 6.92 Å². The second-order valence-electron chi connectivity index (χ2n) is 4.30. The Morgan fingerprint density at radius 1 is 1.11 bits per heavy atom. The highest BCUT2D eigenvalue weighted by Gasteiger charge is 2.22. The molecule has 0 saturated heterocycles. The normalized spacial score (nSPS) is 13.6. The first-order chi connectivity index (χ1) is 9.29.